The zero-order valence-electron chi connectivity index (χ0n) is 18.1. The van der Waals surface area contributed by atoms with Crippen LogP contribution in [0.3, 0.4) is 0 Å². The molecule has 0 bridgehead atoms. The fraction of sp³-hybridized carbons (Fsp3) is 0.391. The van der Waals surface area contributed by atoms with Crippen molar-refractivity contribution < 1.29 is 19.4 Å². The summed E-state index contributed by atoms with van der Waals surface area (Å²) in [5.41, 5.74) is 7.69. The van der Waals surface area contributed by atoms with E-state index in [1.54, 1.807) is 0 Å². The molecule has 0 spiro atoms. The number of carboxylic acid groups (broad SMARTS) is 1. The summed E-state index contributed by atoms with van der Waals surface area (Å²) in [7, 11) is 0. The number of nitrogens with two attached hydrogens (primary N) is 1. The third kappa shape index (κ3) is 14.8. The zero-order valence-corrected chi connectivity index (χ0v) is 18.1. The number of hydrazone groups is 1. The molecule has 8 nitrogen and oxygen atoms in total. The van der Waals surface area contributed by atoms with Gasteiger partial charge in [0, 0.05) is 26.3 Å². The number of nitrogens with zero attached hydrogens (tertiary/aromatic N) is 1. The maximum absolute atomic E-state index is 10.4. The molecule has 5 N–H and O–H groups in total. The Bertz CT molecular complexity index is 727. The normalized spacial score (nSPS) is 10.8. The van der Waals surface area contributed by atoms with Crippen molar-refractivity contribution in [2.24, 2.45) is 10.9 Å². The van der Waals surface area contributed by atoms with E-state index < -0.39 is 5.97 Å². The number of ether oxygens (including phenoxy) is 2. The highest BCUT2D eigenvalue weighted by atomic mass is 16.5. The molecule has 0 fully saturated rings. The van der Waals surface area contributed by atoms with Gasteiger partial charge in [-0.2, -0.15) is 5.10 Å². The lowest BCUT2D eigenvalue weighted by Crippen LogP contribution is -2.23. The van der Waals surface area contributed by atoms with Gasteiger partial charge >= 0.3 is 5.97 Å². The van der Waals surface area contributed by atoms with Crippen molar-refractivity contribution in [3.05, 3.63) is 71.8 Å². The van der Waals surface area contributed by atoms with Crippen LogP contribution in [0.5, 0.6) is 0 Å². The van der Waals surface area contributed by atoms with Crippen molar-refractivity contribution in [3.8, 4) is 0 Å². The van der Waals surface area contributed by atoms with Gasteiger partial charge < -0.3 is 20.0 Å². The number of nitrogens with one attached hydrogen (secondary N) is 2. The van der Waals surface area contributed by atoms with E-state index in [1.165, 1.54) is 12.5 Å². The minimum Gasteiger partial charge on any atom is -0.477 e. The fourth-order valence-electron chi connectivity index (χ4n) is 2.28. The maximum atomic E-state index is 10.4. The summed E-state index contributed by atoms with van der Waals surface area (Å²) in [6.45, 7) is 5.49. The Hall–Kier alpha value is -2.78. The van der Waals surface area contributed by atoms with E-state index in [0.717, 1.165) is 31.6 Å². The zero-order chi connectivity index (χ0) is 22.6. The summed E-state index contributed by atoms with van der Waals surface area (Å²) in [5, 5.41) is 12.2. The molecule has 2 rings (SSSR count). The molecule has 170 valence electrons. The summed E-state index contributed by atoms with van der Waals surface area (Å²) in [4.78, 5) is 10.4. The molecule has 31 heavy (non-hydrogen) atoms. The van der Waals surface area contributed by atoms with E-state index in [4.69, 9.17) is 20.4 Å². The average Bonchev–Trinajstić information content (AvgIpc) is 2.80. The van der Waals surface area contributed by atoms with Gasteiger partial charge in [0.05, 0.1) is 13.2 Å². The number of rotatable bonds is 14. The van der Waals surface area contributed by atoms with Crippen molar-refractivity contribution in [3.63, 3.8) is 0 Å². The topological polar surface area (TPSA) is 118 Å². The number of benzene rings is 2. The second kappa shape index (κ2) is 18.0. The first-order valence-corrected chi connectivity index (χ1v) is 10.3. The highest BCUT2D eigenvalue weighted by Crippen LogP contribution is 2.01. The highest BCUT2D eigenvalue weighted by Gasteiger charge is 1.99. The summed E-state index contributed by atoms with van der Waals surface area (Å²) in [5.74, 6) is 4.11. The summed E-state index contributed by atoms with van der Waals surface area (Å²) in [6.07, 6.45) is 1.73. The fourth-order valence-corrected chi connectivity index (χ4v) is 2.28. The van der Waals surface area contributed by atoms with Gasteiger partial charge in [0.15, 0.2) is 0 Å². The third-order valence-corrected chi connectivity index (χ3v) is 3.97. The van der Waals surface area contributed by atoms with Crippen LogP contribution in [0.2, 0.25) is 0 Å². The van der Waals surface area contributed by atoms with E-state index in [1.807, 2.05) is 48.5 Å². The molecule has 0 aliphatic rings. The standard InChI is InChI=1S/C13H18N2O3.C10H16N2O/c1-11(13(16)17)15-14-8-5-9-18-10-12-6-3-2-4-7-12;11-12-7-4-8-13-9-10-5-2-1-3-6-10/h2-4,6-7,14H,5,8-10H2,1H3,(H,16,17);1-3,5-6,12H,4,7-9,11H2. The summed E-state index contributed by atoms with van der Waals surface area (Å²) < 4.78 is 10.9. The molecule has 0 unspecified atom stereocenters. The molecule has 0 atom stereocenters. The Morgan fingerprint density at radius 2 is 1.39 bits per heavy atom. The summed E-state index contributed by atoms with van der Waals surface area (Å²) >= 11 is 0. The molecule has 8 heteroatoms. The predicted octanol–water partition coefficient (Wildman–Crippen LogP) is 2.70. The van der Waals surface area contributed by atoms with Crippen LogP contribution >= 0.6 is 0 Å². The van der Waals surface area contributed by atoms with Crippen LogP contribution in [0, 0.1) is 0 Å². The van der Waals surface area contributed by atoms with Crippen LogP contribution in [-0.2, 0) is 27.5 Å². The van der Waals surface area contributed by atoms with E-state index in [0.29, 0.717) is 26.4 Å². The van der Waals surface area contributed by atoms with Gasteiger partial charge in [-0.15, -0.1) is 0 Å². The first-order chi connectivity index (χ1) is 15.1. The van der Waals surface area contributed by atoms with Gasteiger partial charge in [-0.1, -0.05) is 60.7 Å². The molecule has 0 saturated heterocycles. The second-order valence-electron chi connectivity index (χ2n) is 6.65. The Morgan fingerprint density at radius 1 is 0.903 bits per heavy atom. The highest BCUT2D eigenvalue weighted by molar-refractivity contribution is 6.34. The van der Waals surface area contributed by atoms with Gasteiger partial charge in [0.25, 0.3) is 0 Å². The van der Waals surface area contributed by atoms with Crippen LogP contribution in [0.1, 0.15) is 30.9 Å². The Balaban J connectivity index is 0.000000327. The molecule has 0 amide bonds. The number of carbonyl (C=O) groups is 1. The van der Waals surface area contributed by atoms with Crippen LogP contribution < -0.4 is 16.7 Å². The van der Waals surface area contributed by atoms with Crippen LogP contribution in [-0.4, -0.2) is 43.1 Å². The minimum absolute atomic E-state index is 0.0557. The molecular weight excluding hydrogens is 396 g/mol. The minimum atomic E-state index is -1.01. The van der Waals surface area contributed by atoms with Crippen molar-refractivity contribution in [2.75, 3.05) is 26.3 Å². The molecule has 0 aromatic heterocycles. The molecule has 0 radical (unpaired) electrons. The van der Waals surface area contributed by atoms with Crippen molar-refractivity contribution in [1.29, 1.82) is 0 Å². The van der Waals surface area contributed by atoms with Crippen LogP contribution in [0.15, 0.2) is 65.8 Å². The van der Waals surface area contributed by atoms with E-state index in [-0.39, 0.29) is 5.71 Å². The third-order valence-electron chi connectivity index (χ3n) is 3.97. The second-order valence-corrected chi connectivity index (χ2v) is 6.65. The van der Waals surface area contributed by atoms with Crippen molar-refractivity contribution in [1.82, 2.24) is 10.9 Å². The number of hydrogen-bond acceptors (Lipinski definition) is 7. The largest absolute Gasteiger partial charge is 0.477 e. The molecule has 0 saturated carbocycles. The SMILES string of the molecule is CC(=NNCCCOCc1ccccc1)C(=O)O.NNCCCOCc1ccccc1. The first kappa shape index (κ1) is 26.3. The molecule has 0 heterocycles. The average molecular weight is 431 g/mol. The van der Waals surface area contributed by atoms with Crippen molar-refractivity contribution in [2.45, 2.75) is 33.0 Å². The molecular formula is C23H34N4O4. The summed E-state index contributed by atoms with van der Waals surface area (Å²) in [6, 6.07) is 20.1. The Morgan fingerprint density at radius 3 is 1.84 bits per heavy atom. The van der Waals surface area contributed by atoms with E-state index in [2.05, 4.69) is 28.1 Å². The van der Waals surface area contributed by atoms with Crippen LogP contribution in [0.25, 0.3) is 0 Å². The number of hydrogen-bond donors (Lipinski definition) is 4. The lowest BCUT2D eigenvalue weighted by Gasteiger charge is -2.04. The Labute approximate surface area is 184 Å². The van der Waals surface area contributed by atoms with E-state index in [9.17, 15) is 4.79 Å². The number of hydrazine groups is 1. The quantitative estimate of drug-likeness (QED) is 0.157. The maximum Gasteiger partial charge on any atom is 0.351 e. The predicted molar refractivity (Wildman–Crippen MR) is 122 cm³/mol. The van der Waals surface area contributed by atoms with Gasteiger partial charge in [-0.3, -0.25) is 11.3 Å². The monoisotopic (exact) mass is 430 g/mol. The van der Waals surface area contributed by atoms with Gasteiger partial charge in [0.1, 0.15) is 5.71 Å². The van der Waals surface area contributed by atoms with Gasteiger partial charge in [-0.05, 0) is 30.9 Å². The van der Waals surface area contributed by atoms with Crippen LogP contribution in [0.4, 0.5) is 0 Å². The molecule has 0 aliphatic heterocycles. The molecule has 0 aliphatic carbocycles. The molecule has 2 aromatic carbocycles. The number of aliphatic carboxylic acids is 1. The Kier molecular flexibility index (Phi) is 15.3. The lowest BCUT2D eigenvalue weighted by molar-refractivity contribution is -0.129. The van der Waals surface area contributed by atoms with Gasteiger partial charge in [0.2, 0.25) is 0 Å². The smallest absolute Gasteiger partial charge is 0.351 e. The number of carboxylic acids is 1. The van der Waals surface area contributed by atoms with Crippen molar-refractivity contribution >= 4 is 11.7 Å². The van der Waals surface area contributed by atoms with E-state index >= 15 is 0 Å². The van der Waals surface area contributed by atoms with Gasteiger partial charge in [-0.25, -0.2) is 4.79 Å². The first-order valence-electron chi connectivity index (χ1n) is 10.3. The lowest BCUT2D eigenvalue weighted by atomic mass is 10.2. The molecule has 2 aromatic rings.